The maximum atomic E-state index is 13.6. The minimum atomic E-state index is -0.694. The molecule has 3 aromatic carbocycles. The van der Waals surface area contributed by atoms with Gasteiger partial charge in [-0.2, -0.15) is 0 Å². The second-order valence-corrected chi connectivity index (χ2v) is 10.7. The highest BCUT2D eigenvalue weighted by molar-refractivity contribution is 9.10. The van der Waals surface area contributed by atoms with Crippen LogP contribution in [-0.2, 0) is 29.0 Å². The van der Waals surface area contributed by atoms with Crippen LogP contribution in [0.1, 0.15) is 37.5 Å². The number of rotatable bonds is 11. The number of benzene rings is 3. The summed E-state index contributed by atoms with van der Waals surface area (Å²) in [6, 6.07) is 22.6. The lowest BCUT2D eigenvalue weighted by molar-refractivity contribution is -0.143. The zero-order valence-corrected chi connectivity index (χ0v) is 24.0. The maximum absolute atomic E-state index is 13.6. The largest absolute Gasteiger partial charge is 0.483 e. The molecule has 1 atom stereocenters. The predicted octanol–water partition coefficient (Wildman–Crippen LogP) is 6.32. The molecule has 0 saturated heterocycles. The number of nitrogens with zero attached hydrogens (tertiary/aromatic N) is 1. The van der Waals surface area contributed by atoms with Gasteiger partial charge in [0.15, 0.2) is 6.61 Å². The molecule has 1 N–H and O–H groups in total. The Morgan fingerprint density at radius 3 is 2.19 bits per heavy atom. The molecular weight excluding hydrogens is 584 g/mol. The van der Waals surface area contributed by atoms with E-state index in [4.69, 9.17) is 4.74 Å². The summed E-state index contributed by atoms with van der Waals surface area (Å²) in [5.41, 5.74) is 3.08. The molecule has 2 amide bonds. The van der Waals surface area contributed by atoms with Crippen molar-refractivity contribution in [2.24, 2.45) is 0 Å². The van der Waals surface area contributed by atoms with Crippen LogP contribution >= 0.6 is 31.9 Å². The van der Waals surface area contributed by atoms with Crippen molar-refractivity contribution in [2.45, 2.75) is 52.2 Å². The third kappa shape index (κ3) is 8.20. The highest BCUT2D eigenvalue weighted by atomic mass is 79.9. The number of halogens is 2. The summed E-state index contributed by atoms with van der Waals surface area (Å²) in [6.45, 7) is 6.02. The van der Waals surface area contributed by atoms with Crippen LogP contribution in [0, 0.1) is 0 Å². The number of aryl methyl sites for hydroxylation is 1. The molecule has 3 rings (SSSR count). The zero-order valence-electron chi connectivity index (χ0n) is 20.8. The summed E-state index contributed by atoms with van der Waals surface area (Å²) in [6.07, 6.45) is 1.31. The summed E-state index contributed by atoms with van der Waals surface area (Å²) >= 11 is 7.00. The van der Waals surface area contributed by atoms with Gasteiger partial charge in [-0.15, -0.1) is 0 Å². The van der Waals surface area contributed by atoms with Crippen molar-refractivity contribution in [3.05, 3.63) is 98.4 Å². The number of carbonyl (C=O) groups is 2. The van der Waals surface area contributed by atoms with Crippen molar-refractivity contribution in [3.8, 4) is 5.75 Å². The molecule has 0 fully saturated rings. The average molecular weight is 616 g/mol. The summed E-state index contributed by atoms with van der Waals surface area (Å²) in [7, 11) is 0. The summed E-state index contributed by atoms with van der Waals surface area (Å²) in [5.74, 6) is 0.146. The fourth-order valence-corrected chi connectivity index (χ4v) is 4.63. The first-order valence-electron chi connectivity index (χ1n) is 12.1. The minimum Gasteiger partial charge on any atom is -0.483 e. The Balaban J connectivity index is 1.90. The van der Waals surface area contributed by atoms with Gasteiger partial charge < -0.3 is 15.0 Å². The van der Waals surface area contributed by atoms with E-state index < -0.39 is 6.04 Å². The van der Waals surface area contributed by atoms with Gasteiger partial charge in [-0.3, -0.25) is 9.59 Å². The standard InChI is InChI=1S/C29H32Br2N2O3/c1-4-21-12-15-27(25(31)16-21)36-19-28(34)33(18-23-10-13-24(30)14-11-23)26(29(35)32-20(2)3)17-22-8-6-5-7-9-22/h5-16,20,26H,4,17-19H2,1-3H3,(H,32,35)/t26-/m1/s1. The molecule has 0 unspecified atom stereocenters. The molecule has 3 aromatic rings. The van der Waals surface area contributed by atoms with Crippen LogP contribution < -0.4 is 10.1 Å². The highest BCUT2D eigenvalue weighted by Gasteiger charge is 2.31. The predicted molar refractivity (Wildman–Crippen MR) is 151 cm³/mol. The smallest absolute Gasteiger partial charge is 0.261 e. The SMILES string of the molecule is CCc1ccc(OCC(=O)N(Cc2ccc(Br)cc2)[C@H](Cc2ccccc2)C(=O)NC(C)C)c(Br)c1. The van der Waals surface area contributed by atoms with E-state index in [1.54, 1.807) is 4.90 Å². The lowest BCUT2D eigenvalue weighted by Gasteiger charge is -2.32. The van der Waals surface area contributed by atoms with Crippen LogP contribution in [-0.4, -0.2) is 35.4 Å². The van der Waals surface area contributed by atoms with E-state index in [9.17, 15) is 9.59 Å². The van der Waals surface area contributed by atoms with Gasteiger partial charge in [0.2, 0.25) is 5.91 Å². The van der Waals surface area contributed by atoms with Crippen molar-refractivity contribution in [1.82, 2.24) is 10.2 Å². The number of hydrogen-bond donors (Lipinski definition) is 1. The zero-order chi connectivity index (χ0) is 26.1. The van der Waals surface area contributed by atoms with Gasteiger partial charge in [0.25, 0.3) is 5.91 Å². The van der Waals surface area contributed by atoms with Gasteiger partial charge in [-0.05, 0) is 77.2 Å². The molecule has 0 aliphatic carbocycles. The molecule has 0 spiro atoms. The summed E-state index contributed by atoms with van der Waals surface area (Å²) in [5, 5.41) is 3.00. The molecule has 5 nitrogen and oxygen atoms in total. The van der Waals surface area contributed by atoms with Crippen molar-refractivity contribution in [3.63, 3.8) is 0 Å². The molecule has 36 heavy (non-hydrogen) atoms. The van der Waals surface area contributed by atoms with Gasteiger partial charge in [0.1, 0.15) is 11.8 Å². The normalized spacial score (nSPS) is 11.7. The van der Waals surface area contributed by atoms with Crippen LogP contribution in [0.25, 0.3) is 0 Å². The van der Waals surface area contributed by atoms with Gasteiger partial charge >= 0.3 is 0 Å². The van der Waals surface area contributed by atoms with Crippen LogP contribution in [0.15, 0.2) is 81.7 Å². The Morgan fingerprint density at radius 1 is 0.917 bits per heavy atom. The minimum absolute atomic E-state index is 0.0512. The van der Waals surface area contributed by atoms with Gasteiger partial charge in [0, 0.05) is 23.5 Å². The Kier molecular flexibility index (Phi) is 10.6. The molecule has 0 aromatic heterocycles. The molecule has 0 saturated carbocycles. The summed E-state index contributed by atoms with van der Waals surface area (Å²) in [4.78, 5) is 28.7. The quantitative estimate of drug-likeness (QED) is 0.275. The molecule has 0 aliphatic heterocycles. The Bertz CT molecular complexity index is 1150. The molecule has 0 radical (unpaired) electrons. The molecule has 7 heteroatoms. The van der Waals surface area contributed by atoms with Gasteiger partial charge in [-0.25, -0.2) is 0 Å². The van der Waals surface area contributed by atoms with Crippen molar-refractivity contribution in [2.75, 3.05) is 6.61 Å². The molecule has 0 bridgehead atoms. The van der Waals surface area contributed by atoms with Gasteiger partial charge in [-0.1, -0.05) is 71.4 Å². The van der Waals surface area contributed by atoms with E-state index in [1.807, 2.05) is 86.6 Å². The van der Waals surface area contributed by atoms with Crippen LogP contribution in [0.3, 0.4) is 0 Å². The first kappa shape index (κ1) is 27.9. The van der Waals surface area contributed by atoms with E-state index in [2.05, 4.69) is 44.1 Å². The van der Waals surface area contributed by atoms with Crippen LogP contribution in [0.4, 0.5) is 0 Å². The fraction of sp³-hybridized carbons (Fsp3) is 0.310. The average Bonchev–Trinajstić information content (AvgIpc) is 2.86. The van der Waals surface area contributed by atoms with E-state index >= 15 is 0 Å². The topological polar surface area (TPSA) is 58.6 Å². The van der Waals surface area contributed by atoms with Gasteiger partial charge in [0.05, 0.1) is 4.47 Å². The molecule has 0 heterocycles. The Labute approximate surface area is 230 Å². The third-order valence-electron chi connectivity index (χ3n) is 5.72. The molecule has 0 aliphatic rings. The van der Waals surface area contributed by atoms with Crippen molar-refractivity contribution in [1.29, 1.82) is 0 Å². The maximum Gasteiger partial charge on any atom is 0.261 e. The second-order valence-electron chi connectivity index (χ2n) is 8.92. The monoisotopic (exact) mass is 614 g/mol. The van der Waals surface area contributed by atoms with E-state index in [-0.39, 0.29) is 31.0 Å². The summed E-state index contributed by atoms with van der Waals surface area (Å²) < 4.78 is 7.67. The lowest BCUT2D eigenvalue weighted by atomic mass is 10.0. The number of ether oxygens (including phenoxy) is 1. The lowest BCUT2D eigenvalue weighted by Crippen LogP contribution is -2.52. The van der Waals surface area contributed by atoms with E-state index in [0.717, 1.165) is 26.5 Å². The van der Waals surface area contributed by atoms with Crippen LogP contribution in [0.2, 0.25) is 0 Å². The van der Waals surface area contributed by atoms with E-state index in [1.165, 1.54) is 5.56 Å². The van der Waals surface area contributed by atoms with Crippen LogP contribution in [0.5, 0.6) is 5.75 Å². The Hall–Kier alpha value is -2.64. The number of amides is 2. The van der Waals surface area contributed by atoms with Crippen molar-refractivity contribution < 1.29 is 14.3 Å². The number of carbonyl (C=O) groups excluding carboxylic acids is 2. The third-order valence-corrected chi connectivity index (χ3v) is 6.87. The second kappa shape index (κ2) is 13.6. The number of hydrogen-bond acceptors (Lipinski definition) is 3. The first-order chi connectivity index (χ1) is 17.3. The molecular formula is C29H32Br2N2O3. The first-order valence-corrected chi connectivity index (χ1v) is 13.6. The van der Waals surface area contributed by atoms with Crippen molar-refractivity contribution >= 4 is 43.7 Å². The Morgan fingerprint density at radius 2 is 1.58 bits per heavy atom. The highest BCUT2D eigenvalue weighted by Crippen LogP contribution is 2.26. The fourth-order valence-electron chi connectivity index (χ4n) is 3.82. The molecule has 190 valence electrons. The number of nitrogens with one attached hydrogen (secondary N) is 1. The van der Waals surface area contributed by atoms with E-state index in [0.29, 0.717) is 12.2 Å².